The monoisotopic (exact) mass is 467 g/mol. The molecule has 7 bridgehead atoms. The molecular formula is C25H41NO7. The summed E-state index contributed by atoms with van der Waals surface area (Å²) in [6.07, 6.45) is 1.81. The van der Waals surface area contributed by atoms with Gasteiger partial charge in [0.1, 0.15) is 11.2 Å². The van der Waals surface area contributed by atoms with E-state index in [1.54, 1.807) is 28.4 Å². The molecule has 188 valence electrons. The van der Waals surface area contributed by atoms with Crippen LogP contribution in [-0.4, -0.2) is 110 Å². The molecule has 0 aromatic heterocycles. The maximum atomic E-state index is 13.0. The molecule has 6 rings (SSSR count). The molecule has 0 radical (unpaired) electrons. The second-order valence-corrected chi connectivity index (χ2v) is 11.8. The van der Waals surface area contributed by atoms with Gasteiger partial charge in [0.15, 0.2) is 0 Å². The number of hydrogen-bond donors (Lipinski definition) is 3. The van der Waals surface area contributed by atoms with Gasteiger partial charge in [0.05, 0.1) is 37.1 Å². The summed E-state index contributed by atoms with van der Waals surface area (Å²) in [5, 5.41) is 36.6. The lowest BCUT2D eigenvalue weighted by Crippen LogP contribution is -2.82. The van der Waals surface area contributed by atoms with Gasteiger partial charge in [-0.1, -0.05) is 6.92 Å². The maximum absolute atomic E-state index is 13.0. The van der Waals surface area contributed by atoms with E-state index in [2.05, 4.69) is 11.8 Å². The van der Waals surface area contributed by atoms with E-state index in [1.165, 1.54) is 0 Å². The predicted octanol–water partition coefficient (Wildman–Crippen LogP) is 0.271. The lowest BCUT2D eigenvalue weighted by molar-refractivity contribution is -0.320. The first-order valence-corrected chi connectivity index (χ1v) is 12.7. The van der Waals surface area contributed by atoms with Crippen LogP contribution in [-0.2, 0) is 18.9 Å². The van der Waals surface area contributed by atoms with E-state index in [1.807, 2.05) is 0 Å². The molecule has 6 fully saturated rings. The van der Waals surface area contributed by atoms with Crippen molar-refractivity contribution in [2.24, 2.45) is 34.5 Å². The van der Waals surface area contributed by atoms with Crippen LogP contribution >= 0.6 is 0 Å². The maximum Gasteiger partial charge on any atom is 0.136 e. The Balaban J connectivity index is 1.68. The van der Waals surface area contributed by atoms with Gasteiger partial charge >= 0.3 is 0 Å². The molecule has 8 heteroatoms. The number of aliphatic hydroxyl groups is 3. The molecule has 8 nitrogen and oxygen atoms in total. The van der Waals surface area contributed by atoms with E-state index in [0.717, 1.165) is 25.8 Å². The van der Waals surface area contributed by atoms with Crippen molar-refractivity contribution in [1.29, 1.82) is 0 Å². The average Bonchev–Trinajstić information content (AvgIpc) is 3.24. The molecule has 0 aromatic rings. The number of fused-ring (bicyclic) bond motifs is 2. The highest BCUT2D eigenvalue weighted by atomic mass is 16.5. The number of rotatable bonds is 6. The van der Waals surface area contributed by atoms with Crippen molar-refractivity contribution in [1.82, 2.24) is 4.90 Å². The van der Waals surface area contributed by atoms with E-state index in [-0.39, 0.29) is 54.6 Å². The molecule has 0 aromatic carbocycles. The van der Waals surface area contributed by atoms with E-state index in [0.29, 0.717) is 13.0 Å². The largest absolute Gasteiger partial charge is 0.396 e. The highest BCUT2D eigenvalue weighted by Gasteiger charge is 2.91. The molecule has 1 spiro atoms. The standard InChI is InChI=1S/C25H41NO7/c1-6-26-11-22(12-27)8-7-16(31-3)24-14-9-13-15(30-2)10-23(28,17(14)18(13)32-4)25(29,21(24)26)20(33-5)19(22)24/h13-21,27-29H,6-12H2,1-5H3/t13-,14-,15+,16-,17-,18+,19-,20+,21+,22+,23-,24+,25-/m1/s1. The Morgan fingerprint density at radius 1 is 1.03 bits per heavy atom. The topological polar surface area (TPSA) is 101 Å². The Morgan fingerprint density at radius 2 is 1.79 bits per heavy atom. The summed E-state index contributed by atoms with van der Waals surface area (Å²) in [5.41, 5.74) is -3.78. The first-order chi connectivity index (χ1) is 15.8. The van der Waals surface area contributed by atoms with Crippen LogP contribution in [0, 0.1) is 34.5 Å². The molecule has 0 unspecified atom stereocenters. The molecule has 33 heavy (non-hydrogen) atoms. The van der Waals surface area contributed by atoms with E-state index in [9.17, 15) is 15.3 Å². The van der Waals surface area contributed by atoms with Gasteiger partial charge in [-0.15, -0.1) is 0 Å². The Kier molecular flexibility index (Phi) is 4.99. The Bertz CT molecular complexity index is 814. The molecule has 1 saturated heterocycles. The predicted molar refractivity (Wildman–Crippen MR) is 119 cm³/mol. The van der Waals surface area contributed by atoms with Crippen LogP contribution in [0.25, 0.3) is 0 Å². The fourth-order valence-electron chi connectivity index (χ4n) is 11.0. The van der Waals surface area contributed by atoms with E-state index >= 15 is 0 Å². The van der Waals surface area contributed by atoms with Gasteiger partial charge in [0.25, 0.3) is 0 Å². The van der Waals surface area contributed by atoms with Crippen molar-refractivity contribution in [2.75, 3.05) is 48.1 Å². The number of ether oxygens (including phenoxy) is 4. The molecule has 3 N–H and O–H groups in total. The second-order valence-electron chi connectivity index (χ2n) is 11.8. The SMILES string of the molecule is CCN1C[C@]2(CO)CC[C@@H](OC)[C@@]34[C@@H]5C[C@H]6[C@H](OC)[C@@H]5[C@](O)(C[C@@H]6OC)[C@@](O)([C@@H](OC)[C@H]23)[C@@H]14. The van der Waals surface area contributed by atoms with Crippen molar-refractivity contribution < 1.29 is 34.3 Å². The summed E-state index contributed by atoms with van der Waals surface area (Å²) in [7, 11) is 6.85. The average molecular weight is 468 g/mol. The van der Waals surface area contributed by atoms with Crippen LogP contribution in [0.1, 0.15) is 32.6 Å². The number of piperidine rings is 1. The zero-order valence-electron chi connectivity index (χ0n) is 20.6. The van der Waals surface area contributed by atoms with Crippen molar-refractivity contribution >= 4 is 0 Å². The van der Waals surface area contributed by atoms with Crippen molar-refractivity contribution in [3.63, 3.8) is 0 Å². The van der Waals surface area contributed by atoms with Crippen LogP contribution in [0.15, 0.2) is 0 Å². The Morgan fingerprint density at radius 3 is 2.36 bits per heavy atom. The molecule has 1 aliphatic heterocycles. The molecule has 5 aliphatic carbocycles. The van der Waals surface area contributed by atoms with Crippen LogP contribution in [0.4, 0.5) is 0 Å². The molecular weight excluding hydrogens is 426 g/mol. The van der Waals surface area contributed by atoms with E-state index < -0.39 is 28.1 Å². The minimum absolute atomic E-state index is 0.0443. The van der Waals surface area contributed by atoms with Crippen molar-refractivity contribution in [3.05, 3.63) is 0 Å². The van der Waals surface area contributed by atoms with Crippen LogP contribution in [0.5, 0.6) is 0 Å². The van der Waals surface area contributed by atoms with Crippen molar-refractivity contribution in [3.8, 4) is 0 Å². The quantitative estimate of drug-likeness (QED) is 0.512. The molecule has 1 heterocycles. The summed E-state index contributed by atoms with van der Waals surface area (Å²) >= 11 is 0. The summed E-state index contributed by atoms with van der Waals surface area (Å²) in [4.78, 5) is 2.33. The highest BCUT2D eigenvalue weighted by Crippen LogP contribution is 2.80. The number of aliphatic hydroxyl groups excluding tert-OH is 1. The van der Waals surface area contributed by atoms with Crippen LogP contribution < -0.4 is 0 Å². The Labute approximate surface area is 196 Å². The Hall–Kier alpha value is -0.320. The third kappa shape index (κ3) is 2.16. The number of likely N-dealkylation sites (N-methyl/N-ethyl adjacent to an activating group) is 1. The second kappa shape index (κ2) is 7.13. The fraction of sp³-hybridized carbons (Fsp3) is 1.00. The van der Waals surface area contributed by atoms with Gasteiger partial charge in [-0.05, 0) is 31.7 Å². The van der Waals surface area contributed by atoms with Crippen molar-refractivity contribution in [2.45, 2.75) is 74.3 Å². The smallest absolute Gasteiger partial charge is 0.136 e. The van der Waals surface area contributed by atoms with Gasteiger partial charge in [-0.3, -0.25) is 4.90 Å². The van der Waals surface area contributed by atoms with Crippen LogP contribution in [0.2, 0.25) is 0 Å². The lowest BCUT2D eigenvalue weighted by atomic mass is 9.42. The first-order valence-electron chi connectivity index (χ1n) is 12.7. The lowest BCUT2D eigenvalue weighted by Gasteiger charge is -2.70. The third-order valence-electron chi connectivity index (χ3n) is 11.6. The number of likely N-dealkylation sites (tertiary alicyclic amines) is 1. The number of nitrogens with zero attached hydrogens (tertiary/aromatic N) is 1. The summed E-state index contributed by atoms with van der Waals surface area (Å²) in [6.45, 7) is 3.59. The van der Waals surface area contributed by atoms with Gasteiger partial charge in [-0.25, -0.2) is 0 Å². The number of hydrogen-bond acceptors (Lipinski definition) is 8. The number of methoxy groups -OCH3 is 4. The van der Waals surface area contributed by atoms with Gasteiger partial charge < -0.3 is 34.3 Å². The highest BCUT2D eigenvalue weighted by molar-refractivity contribution is 5.41. The minimum atomic E-state index is -1.52. The third-order valence-corrected chi connectivity index (χ3v) is 11.6. The minimum Gasteiger partial charge on any atom is -0.396 e. The molecule has 0 amide bonds. The van der Waals surface area contributed by atoms with Crippen LogP contribution in [0.3, 0.4) is 0 Å². The molecule has 13 atom stereocenters. The first kappa shape index (κ1) is 23.1. The fourth-order valence-corrected chi connectivity index (χ4v) is 11.0. The van der Waals surface area contributed by atoms with Gasteiger partial charge in [-0.2, -0.15) is 0 Å². The summed E-state index contributed by atoms with van der Waals surface area (Å²) < 4.78 is 24.5. The van der Waals surface area contributed by atoms with Gasteiger partial charge in [0.2, 0.25) is 0 Å². The summed E-state index contributed by atoms with van der Waals surface area (Å²) in [5.74, 6) is -0.0916. The normalized spacial score (nSPS) is 60.9. The molecule has 6 aliphatic rings. The van der Waals surface area contributed by atoms with Gasteiger partial charge in [0, 0.05) is 70.0 Å². The zero-order chi connectivity index (χ0) is 23.6. The van der Waals surface area contributed by atoms with E-state index in [4.69, 9.17) is 18.9 Å². The summed E-state index contributed by atoms with van der Waals surface area (Å²) in [6, 6.07) is -0.312. The molecule has 5 saturated carbocycles. The zero-order valence-corrected chi connectivity index (χ0v) is 20.6.